The Balaban J connectivity index is 2.16. The van der Waals surface area contributed by atoms with E-state index in [4.69, 9.17) is 0 Å². The van der Waals surface area contributed by atoms with Crippen LogP contribution < -0.4 is 0 Å². The van der Waals surface area contributed by atoms with Gasteiger partial charge in [-0.25, -0.2) is 15.0 Å². The van der Waals surface area contributed by atoms with Crippen molar-refractivity contribution in [1.82, 2.24) is 19.9 Å². The Morgan fingerprint density at radius 2 is 1.79 bits per heavy atom. The molecule has 0 saturated carbocycles. The lowest BCUT2D eigenvalue weighted by atomic mass is 10.7. The fraction of sp³-hybridized carbons (Fsp3) is 0. The molecule has 0 spiro atoms. The first-order valence-electron chi connectivity index (χ1n) is 3.76. The average Bonchev–Trinajstić information content (AvgIpc) is 2.23. The van der Waals surface area contributed by atoms with Crippen molar-refractivity contribution >= 4 is 27.7 Å². The third kappa shape index (κ3) is 2.49. The van der Waals surface area contributed by atoms with Gasteiger partial charge in [0.25, 0.3) is 0 Å². The first-order valence-corrected chi connectivity index (χ1v) is 5.37. The van der Waals surface area contributed by atoms with Gasteiger partial charge in [-0.05, 0) is 27.7 Å². The maximum Gasteiger partial charge on any atom is 0.193 e. The summed E-state index contributed by atoms with van der Waals surface area (Å²) in [4.78, 5) is 16.3. The molecule has 2 heterocycles. The van der Waals surface area contributed by atoms with Crippen molar-refractivity contribution in [3.63, 3.8) is 0 Å². The molecule has 0 atom stereocenters. The molecule has 0 saturated heterocycles. The van der Waals surface area contributed by atoms with Crippen molar-refractivity contribution in [2.75, 3.05) is 0 Å². The summed E-state index contributed by atoms with van der Waals surface area (Å²) in [6.07, 6.45) is 8.35. The van der Waals surface area contributed by atoms with Crippen LogP contribution in [0.1, 0.15) is 0 Å². The van der Waals surface area contributed by atoms with Crippen LogP contribution in [0.4, 0.5) is 0 Å². The molecular formula is C8H5BrN4S. The van der Waals surface area contributed by atoms with E-state index in [1.807, 2.05) is 0 Å². The van der Waals surface area contributed by atoms with Gasteiger partial charge in [0, 0.05) is 24.8 Å². The molecule has 4 nitrogen and oxygen atoms in total. The van der Waals surface area contributed by atoms with Crippen LogP contribution in [0.3, 0.4) is 0 Å². The Bertz CT molecular complexity index is 405. The summed E-state index contributed by atoms with van der Waals surface area (Å²) in [6, 6.07) is 0. The Hall–Kier alpha value is -1.01. The Morgan fingerprint density at radius 1 is 1.00 bits per heavy atom. The molecule has 0 aliphatic heterocycles. The maximum atomic E-state index is 4.11. The molecule has 0 unspecified atom stereocenters. The summed E-state index contributed by atoms with van der Waals surface area (Å²) in [7, 11) is 0. The second kappa shape index (κ2) is 4.47. The third-order valence-corrected chi connectivity index (χ3v) is 2.55. The zero-order chi connectivity index (χ0) is 9.80. The Labute approximate surface area is 93.4 Å². The van der Waals surface area contributed by atoms with E-state index in [-0.39, 0.29) is 0 Å². The fourth-order valence-corrected chi connectivity index (χ4v) is 1.61. The lowest BCUT2D eigenvalue weighted by molar-refractivity contribution is 0.947. The van der Waals surface area contributed by atoms with Crippen LogP contribution >= 0.6 is 27.7 Å². The van der Waals surface area contributed by atoms with E-state index in [0.29, 0.717) is 5.16 Å². The molecule has 0 fully saturated rings. The number of nitrogens with zero attached hydrogens (tertiary/aromatic N) is 4. The molecule has 0 radical (unpaired) electrons. The minimum atomic E-state index is 0.661. The molecule has 0 bridgehead atoms. The lowest BCUT2D eigenvalue weighted by Crippen LogP contribution is -1.86. The summed E-state index contributed by atoms with van der Waals surface area (Å²) in [5, 5.41) is 1.45. The van der Waals surface area contributed by atoms with E-state index >= 15 is 0 Å². The van der Waals surface area contributed by atoms with Crippen molar-refractivity contribution in [1.29, 1.82) is 0 Å². The lowest BCUT2D eigenvalue weighted by Gasteiger charge is -1.97. The smallest absolute Gasteiger partial charge is 0.193 e. The molecule has 0 amide bonds. The van der Waals surface area contributed by atoms with Crippen molar-refractivity contribution in [2.24, 2.45) is 0 Å². The van der Waals surface area contributed by atoms with Crippen LogP contribution in [0.15, 0.2) is 45.6 Å². The largest absolute Gasteiger partial charge is 0.260 e. The summed E-state index contributed by atoms with van der Waals surface area (Å²) in [5.74, 6) is 0. The number of aromatic nitrogens is 4. The normalized spacial score (nSPS) is 10.1. The fourth-order valence-electron chi connectivity index (χ4n) is 0.785. The van der Waals surface area contributed by atoms with E-state index in [0.717, 1.165) is 9.50 Å². The monoisotopic (exact) mass is 268 g/mol. The van der Waals surface area contributed by atoms with Gasteiger partial charge < -0.3 is 0 Å². The first-order chi connectivity index (χ1) is 6.84. The van der Waals surface area contributed by atoms with Gasteiger partial charge in [-0.15, -0.1) is 0 Å². The molecule has 70 valence electrons. The van der Waals surface area contributed by atoms with Crippen LogP contribution in [0.2, 0.25) is 0 Å². The van der Waals surface area contributed by atoms with Crippen LogP contribution in [0.5, 0.6) is 0 Å². The summed E-state index contributed by atoms with van der Waals surface area (Å²) in [6.45, 7) is 0. The number of halogens is 1. The molecule has 0 aliphatic rings. The van der Waals surface area contributed by atoms with Crippen LogP contribution in [0, 0.1) is 0 Å². The highest BCUT2D eigenvalue weighted by Gasteiger charge is 2.00. The number of rotatable bonds is 2. The molecule has 14 heavy (non-hydrogen) atoms. The second-order valence-corrected chi connectivity index (χ2v) is 4.23. The van der Waals surface area contributed by atoms with E-state index in [1.54, 1.807) is 31.0 Å². The zero-order valence-corrected chi connectivity index (χ0v) is 9.36. The van der Waals surface area contributed by atoms with E-state index in [1.165, 1.54) is 11.8 Å². The molecule has 2 rings (SSSR count). The van der Waals surface area contributed by atoms with Gasteiger partial charge >= 0.3 is 0 Å². The molecular weight excluding hydrogens is 264 g/mol. The van der Waals surface area contributed by atoms with E-state index in [2.05, 4.69) is 35.9 Å². The van der Waals surface area contributed by atoms with Crippen molar-refractivity contribution in [3.8, 4) is 0 Å². The van der Waals surface area contributed by atoms with Gasteiger partial charge in [-0.1, -0.05) is 0 Å². The highest BCUT2D eigenvalue weighted by Crippen LogP contribution is 2.21. The third-order valence-electron chi connectivity index (χ3n) is 1.33. The molecule has 0 N–H and O–H groups in total. The quantitative estimate of drug-likeness (QED) is 0.782. The number of hydrogen-bond acceptors (Lipinski definition) is 5. The minimum Gasteiger partial charge on any atom is -0.260 e. The SMILES string of the molecule is Brc1cnc(Sc2cnccn2)nc1. The predicted octanol–water partition coefficient (Wildman–Crippen LogP) is 2.18. The van der Waals surface area contributed by atoms with Gasteiger partial charge in [-0.3, -0.25) is 4.98 Å². The van der Waals surface area contributed by atoms with E-state index < -0.39 is 0 Å². The Kier molecular flexibility index (Phi) is 3.05. The second-order valence-electron chi connectivity index (χ2n) is 2.33. The van der Waals surface area contributed by atoms with Gasteiger partial charge in [0.05, 0.1) is 10.7 Å². The summed E-state index contributed by atoms with van der Waals surface area (Å²) < 4.78 is 0.862. The Morgan fingerprint density at radius 3 is 2.43 bits per heavy atom. The van der Waals surface area contributed by atoms with Gasteiger partial charge in [-0.2, -0.15) is 0 Å². The van der Waals surface area contributed by atoms with Crippen molar-refractivity contribution in [2.45, 2.75) is 10.2 Å². The molecule has 0 aliphatic carbocycles. The van der Waals surface area contributed by atoms with Crippen LogP contribution in [-0.2, 0) is 0 Å². The van der Waals surface area contributed by atoms with Gasteiger partial charge in [0.2, 0.25) is 0 Å². The topological polar surface area (TPSA) is 51.6 Å². The average molecular weight is 269 g/mol. The minimum absolute atomic E-state index is 0.661. The van der Waals surface area contributed by atoms with Crippen molar-refractivity contribution in [3.05, 3.63) is 35.5 Å². The first kappa shape index (κ1) is 9.54. The van der Waals surface area contributed by atoms with Crippen LogP contribution in [-0.4, -0.2) is 19.9 Å². The highest BCUT2D eigenvalue weighted by molar-refractivity contribution is 9.10. The predicted molar refractivity (Wildman–Crippen MR) is 55.9 cm³/mol. The highest BCUT2D eigenvalue weighted by atomic mass is 79.9. The van der Waals surface area contributed by atoms with Crippen molar-refractivity contribution < 1.29 is 0 Å². The standard InChI is InChI=1S/C8H5BrN4S/c9-6-3-12-8(13-4-6)14-7-5-10-1-2-11-7/h1-5H. The van der Waals surface area contributed by atoms with Gasteiger partial charge in [0.1, 0.15) is 5.03 Å². The maximum absolute atomic E-state index is 4.11. The van der Waals surface area contributed by atoms with Crippen LogP contribution in [0.25, 0.3) is 0 Å². The van der Waals surface area contributed by atoms with Gasteiger partial charge in [0.15, 0.2) is 5.16 Å². The number of hydrogen-bond donors (Lipinski definition) is 0. The molecule has 0 aromatic carbocycles. The molecule has 6 heteroatoms. The molecule has 2 aromatic rings. The zero-order valence-electron chi connectivity index (χ0n) is 6.96. The molecule has 2 aromatic heterocycles. The van der Waals surface area contributed by atoms with E-state index in [9.17, 15) is 0 Å². The summed E-state index contributed by atoms with van der Waals surface area (Å²) in [5.41, 5.74) is 0. The summed E-state index contributed by atoms with van der Waals surface area (Å²) >= 11 is 4.65.